The molecule has 1 aliphatic carbocycles. The van der Waals surface area contributed by atoms with Gasteiger partial charge < -0.3 is 9.64 Å². The number of anilines is 1. The first kappa shape index (κ1) is 16.6. The zero-order valence-electron chi connectivity index (χ0n) is 14.9. The molecule has 2 fully saturated rings. The third kappa shape index (κ3) is 3.25. The Morgan fingerprint density at radius 3 is 2.88 bits per heavy atom. The van der Waals surface area contributed by atoms with Crippen LogP contribution in [0.5, 0.6) is 0 Å². The van der Waals surface area contributed by atoms with Gasteiger partial charge in [0.1, 0.15) is 0 Å². The lowest BCUT2D eigenvalue weighted by atomic mass is 10.1. The van der Waals surface area contributed by atoms with E-state index >= 15 is 0 Å². The van der Waals surface area contributed by atoms with Gasteiger partial charge in [-0.1, -0.05) is 24.2 Å². The molecule has 8 heteroatoms. The predicted molar refractivity (Wildman–Crippen MR) is 104 cm³/mol. The highest BCUT2D eigenvalue weighted by Gasteiger charge is 2.27. The number of aryl methyl sites for hydroxylation is 1. The van der Waals surface area contributed by atoms with E-state index < -0.39 is 0 Å². The van der Waals surface area contributed by atoms with Crippen LogP contribution in [0.25, 0.3) is 4.96 Å². The van der Waals surface area contributed by atoms with Gasteiger partial charge in [0.25, 0.3) is 0 Å². The predicted octanol–water partition coefficient (Wildman–Crippen LogP) is 4.01. The van der Waals surface area contributed by atoms with E-state index in [4.69, 9.17) is 14.8 Å². The van der Waals surface area contributed by atoms with Crippen LogP contribution in [-0.4, -0.2) is 38.8 Å². The standard InChI is InChI=1S/C18H23N5OS2/c1-12-19-14(11-25-12)10-24-15-6-7-22(8-15)18-21-23-9-16(20-17(23)26-18)13-4-2-3-5-13/h9,11,13,15H,2-8,10H2,1H3/t15-/m1/s1. The zero-order valence-corrected chi connectivity index (χ0v) is 16.6. The van der Waals surface area contributed by atoms with E-state index in [0.717, 1.165) is 40.3 Å². The Balaban J connectivity index is 1.22. The first-order valence-electron chi connectivity index (χ1n) is 9.38. The molecule has 4 heterocycles. The maximum absolute atomic E-state index is 6.05. The maximum Gasteiger partial charge on any atom is 0.214 e. The minimum absolute atomic E-state index is 0.252. The lowest BCUT2D eigenvalue weighted by Crippen LogP contribution is -2.22. The third-order valence-electron chi connectivity index (χ3n) is 5.37. The summed E-state index contributed by atoms with van der Waals surface area (Å²) >= 11 is 3.37. The van der Waals surface area contributed by atoms with Crippen LogP contribution in [0, 0.1) is 6.92 Å². The smallest absolute Gasteiger partial charge is 0.214 e. The van der Waals surface area contributed by atoms with Crippen molar-refractivity contribution in [2.75, 3.05) is 18.0 Å². The van der Waals surface area contributed by atoms with Gasteiger partial charge >= 0.3 is 0 Å². The highest BCUT2D eigenvalue weighted by atomic mass is 32.1. The molecule has 26 heavy (non-hydrogen) atoms. The monoisotopic (exact) mass is 389 g/mol. The van der Waals surface area contributed by atoms with Crippen LogP contribution < -0.4 is 4.90 Å². The van der Waals surface area contributed by atoms with E-state index in [-0.39, 0.29) is 6.10 Å². The number of hydrogen-bond donors (Lipinski definition) is 0. The molecule has 1 aliphatic heterocycles. The van der Waals surface area contributed by atoms with Crippen molar-refractivity contribution in [3.8, 4) is 0 Å². The Bertz CT molecular complexity index is 863. The number of thiazole rings is 1. The van der Waals surface area contributed by atoms with E-state index in [9.17, 15) is 0 Å². The minimum Gasteiger partial charge on any atom is -0.370 e. The van der Waals surface area contributed by atoms with E-state index in [1.54, 1.807) is 22.7 Å². The van der Waals surface area contributed by atoms with Gasteiger partial charge in [-0.3, -0.25) is 0 Å². The molecule has 0 amide bonds. The van der Waals surface area contributed by atoms with Gasteiger partial charge in [0.15, 0.2) is 0 Å². The van der Waals surface area contributed by atoms with Crippen LogP contribution in [-0.2, 0) is 11.3 Å². The Morgan fingerprint density at radius 1 is 1.23 bits per heavy atom. The van der Waals surface area contributed by atoms with Crippen LogP contribution in [0.4, 0.5) is 5.13 Å². The second-order valence-corrected chi connectivity index (χ2v) is 9.28. The van der Waals surface area contributed by atoms with Gasteiger partial charge in [-0.25, -0.2) is 14.5 Å². The average molecular weight is 390 g/mol. The summed E-state index contributed by atoms with van der Waals surface area (Å²) in [5.41, 5.74) is 2.27. The average Bonchev–Trinajstić information content (AvgIpc) is 3.39. The summed E-state index contributed by atoms with van der Waals surface area (Å²) in [5, 5.41) is 9.01. The fourth-order valence-electron chi connectivity index (χ4n) is 3.97. The highest BCUT2D eigenvalue weighted by Crippen LogP contribution is 2.35. The molecule has 0 bridgehead atoms. The van der Waals surface area contributed by atoms with Crippen molar-refractivity contribution in [2.24, 2.45) is 0 Å². The van der Waals surface area contributed by atoms with E-state index in [2.05, 4.69) is 21.5 Å². The summed E-state index contributed by atoms with van der Waals surface area (Å²) in [6.45, 7) is 4.53. The summed E-state index contributed by atoms with van der Waals surface area (Å²) < 4.78 is 8.03. The number of rotatable bonds is 5. The van der Waals surface area contributed by atoms with Crippen molar-refractivity contribution >= 4 is 32.8 Å². The second-order valence-electron chi connectivity index (χ2n) is 7.28. The summed E-state index contributed by atoms with van der Waals surface area (Å²) in [7, 11) is 0. The molecule has 1 atom stereocenters. The van der Waals surface area contributed by atoms with Gasteiger partial charge in [0.05, 0.1) is 35.3 Å². The summed E-state index contributed by atoms with van der Waals surface area (Å²) in [4.78, 5) is 12.7. The Kier molecular flexibility index (Phi) is 4.42. The summed E-state index contributed by atoms with van der Waals surface area (Å²) in [5.74, 6) is 0.645. The zero-order chi connectivity index (χ0) is 17.5. The van der Waals surface area contributed by atoms with E-state index in [0.29, 0.717) is 12.5 Å². The van der Waals surface area contributed by atoms with Crippen molar-refractivity contribution in [1.82, 2.24) is 19.6 Å². The summed E-state index contributed by atoms with van der Waals surface area (Å²) in [6, 6.07) is 0. The minimum atomic E-state index is 0.252. The molecular formula is C18H23N5OS2. The molecule has 0 unspecified atom stereocenters. The van der Waals surface area contributed by atoms with Gasteiger partial charge in [-0.15, -0.1) is 16.4 Å². The van der Waals surface area contributed by atoms with Crippen molar-refractivity contribution in [2.45, 2.75) is 57.7 Å². The number of fused-ring (bicyclic) bond motifs is 1. The lowest BCUT2D eigenvalue weighted by molar-refractivity contribution is 0.0536. The molecule has 0 aromatic carbocycles. The molecule has 138 valence electrons. The topological polar surface area (TPSA) is 55.5 Å². The Labute approximate surface area is 160 Å². The number of hydrogen-bond acceptors (Lipinski definition) is 7. The number of aromatic nitrogens is 4. The van der Waals surface area contributed by atoms with Crippen LogP contribution in [0.3, 0.4) is 0 Å². The number of nitrogens with zero attached hydrogens (tertiary/aromatic N) is 5. The van der Waals surface area contributed by atoms with Crippen LogP contribution in [0.2, 0.25) is 0 Å². The molecule has 1 saturated carbocycles. The molecule has 6 nitrogen and oxygen atoms in total. The van der Waals surface area contributed by atoms with Gasteiger partial charge in [-0.05, 0) is 26.2 Å². The molecule has 0 N–H and O–H groups in total. The second kappa shape index (κ2) is 6.90. The fraction of sp³-hybridized carbons (Fsp3) is 0.611. The first-order chi connectivity index (χ1) is 12.7. The van der Waals surface area contributed by atoms with Crippen molar-refractivity contribution in [1.29, 1.82) is 0 Å². The van der Waals surface area contributed by atoms with Gasteiger partial charge in [0, 0.05) is 24.4 Å². The van der Waals surface area contributed by atoms with Gasteiger partial charge in [0.2, 0.25) is 10.1 Å². The lowest BCUT2D eigenvalue weighted by Gasteiger charge is -2.14. The molecule has 2 aliphatic rings. The molecule has 0 radical (unpaired) electrons. The van der Waals surface area contributed by atoms with Crippen LogP contribution in [0.1, 0.15) is 54.4 Å². The largest absolute Gasteiger partial charge is 0.370 e. The molecule has 1 saturated heterocycles. The van der Waals surface area contributed by atoms with Crippen molar-refractivity contribution in [3.63, 3.8) is 0 Å². The highest BCUT2D eigenvalue weighted by molar-refractivity contribution is 7.20. The normalized spacial score (nSPS) is 21.4. The van der Waals surface area contributed by atoms with Gasteiger partial charge in [-0.2, -0.15) is 0 Å². The molecule has 5 rings (SSSR count). The van der Waals surface area contributed by atoms with Crippen molar-refractivity contribution < 1.29 is 4.74 Å². The number of imidazole rings is 1. The maximum atomic E-state index is 6.05. The van der Waals surface area contributed by atoms with Crippen LogP contribution in [0.15, 0.2) is 11.6 Å². The SMILES string of the molecule is Cc1nc(CO[C@@H]2CCN(c3nn4cc(C5CCCC5)nc4s3)C2)cs1. The Hall–Kier alpha value is -1.51. The fourth-order valence-corrected chi connectivity index (χ4v) is 5.49. The molecule has 0 spiro atoms. The molecule has 3 aromatic rings. The van der Waals surface area contributed by atoms with Crippen LogP contribution >= 0.6 is 22.7 Å². The quantitative estimate of drug-likeness (QED) is 0.660. The third-order valence-corrected chi connectivity index (χ3v) is 7.18. The van der Waals surface area contributed by atoms with Crippen molar-refractivity contribution in [3.05, 3.63) is 28.0 Å². The number of ether oxygens (including phenoxy) is 1. The van der Waals surface area contributed by atoms with E-state index in [1.807, 2.05) is 11.4 Å². The molecular weight excluding hydrogens is 366 g/mol. The first-order valence-corrected chi connectivity index (χ1v) is 11.1. The van der Waals surface area contributed by atoms with E-state index in [1.165, 1.54) is 31.4 Å². The molecule has 3 aromatic heterocycles. The summed E-state index contributed by atoms with van der Waals surface area (Å²) in [6.07, 6.45) is 8.66. The Morgan fingerprint density at radius 2 is 2.12 bits per heavy atom.